The van der Waals surface area contributed by atoms with E-state index in [0.717, 1.165) is 16.5 Å². The zero-order valence-corrected chi connectivity index (χ0v) is 7.70. The van der Waals surface area contributed by atoms with Gasteiger partial charge in [-0.25, -0.2) is 0 Å². The number of hydrogen-bond acceptors (Lipinski definition) is 2. The Balaban J connectivity index is 2.75. The minimum Gasteiger partial charge on any atom is -0.386 e. The van der Waals surface area contributed by atoms with Crippen molar-refractivity contribution in [3.63, 3.8) is 0 Å². The topological polar surface area (TPSA) is 48.9 Å². The highest BCUT2D eigenvalue weighted by molar-refractivity contribution is 5.82. The van der Waals surface area contributed by atoms with Gasteiger partial charge in [0.1, 0.15) is 0 Å². The van der Waals surface area contributed by atoms with Crippen LogP contribution in [0.1, 0.15) is 19.4 Å². The second-order valence-electron chi connectivity index (χ2n) is 3.70. The quantitative estimate of drug-likeness (QED) is 0.696. The Morgan fingerprint density at radius 1 is 1.38 bits per heavy atom. The first-order valence-corrected chi connectivity index (χ1v) is 4.24. The summed E-state index contributed by atoms with van der Waals surface area (Å²) in [7, 11) is 0. The SMILES string of the molecule is CC(C)(O)c1cccc2[nH]ncc12. The summed E-state index contributed by atoms with van der Waals surface area (Å²) in [6.07, 6.45) is 1.74. The zero-order valence-electron chi connectivity index (χ0n) is 7.70. The van der Waals surface area contributed by atoms with Gasteiger partial charge in [0.25, 0.3) is 0 Å². The molecule has 3 heteroatoms. The van der Waals surface area contributed by atoms with Crippen LogP contribution in [0.2, 0.25) is 0 Å². The molecule has 1 heterocycles. The van der Waals surface area contributed by atoms with Gasteiger partial charge >= 0.3 is 0 Å². The third-order valence-corrected chi connectivity index (χ3v) is 2.14. The van der Waals surface area contributed by atoms with Gasteiger partial charge in [-0.3, -0.25) is 5.10 Å². The Labute approximate surface area is 76.4 Å². The predicted molar refractivity (Wildman–Crippen MR) is 51.3 cm³/mol. The highest BCUT2D eigenvalue weighted by Crippen LogP contribution is 2.26. The number of nitrogens with zero attached hydrogens (tertiary/aromatic N) is 1. The molecule has 0 saturated carbocycles. The van der Waals surface area contributed by atoms with E-state index in [2.05, 4.69) is 10.2 Å². The fourth-order valence-corrected chi connectivity index (χ4v) is 1.50. The summed E-state index contributed by atoms with van der Waals surface area (Å²) >= 11 is 0. The molecule has 2 rings (SSSR count). The first-order chi connectivity index (χ1) is 6.09. The lowest BCUT2D eigenvalue weighted by atomic mass is 9.95. The molecule has 0 aliphatic rings. The molecule has 0 radical (unpaired) electrons. The van der Waals surface area contributed by atoms with Crippen LogP contribution in [0.15, 0.2) is 24.4 Å². The average Bonchev–Trinajstić information content (AvgIpc) is 2.48. The number of H-pyrrole nitrogens is 1. The minimum absolute atomic E-state index is 0.816. The molecule has 2 aromatic rings. The predicted octanol–water partition coefficient (Wildman–Crippen LogP) is 1.79. The standard InChI is InChI=1S/C10H12N2O/c1-10(2,13)8-4-3-5-9-7(8)6-11-12-9/h3-6,13H,1-2H3,(H,11,12). The number of aromatic nitrogens is 2. The molecule has 1 aromatic carbocycles. The van der Waals surface area contributed by atoms with E-state index >= 15 is 0 Å². The summed E-state index contributed by atoms with van der Waals surface area (Å²) in [4.78, 5) is 0. The molecule has 1 aromatic heterocycles. The number of fused-ring (bicyclic) bond motifs is 1. The number of rotatable bonds is 1. The van der Waals surface area contributed by atoms with E-state index in [4.69, 9.17) is 0 Å². The monoisotopic (exact) mass is 176 g/mol. The first kappa shape index (κ1) is 8.26. The smallest absolute Gasteiger partial charge is 0.0847 e. The molecule has 0 saturated heterocycles. The molecule has 2 N–H and O–H groups in total. The number of nitrogens with one attached hydrogen (secondary N) is 1. The van der Waals surface area contributed by atoms with E-state index in [1.54, 1.807) is 20.0 Å². The van der Waals surface area contributed by atoms with Gasteiger partial charge in [-0.1, -0.05) is 12.1 Å². The van der Waals surface area contributed by atoms with Crippen molar-refractivity contribution in [3.05, 3.63) is 30.0 Å². The van der Waals surface area contributed by atoms with Crippen molar-refractivity contribution in [2.45, 2.75) is 19.4 Å². The van der Waals surface area contributed by atoms with Crippen LogP contribution in [0.3, 0.4) is 0 Å². The molecule has 0 unspecified atom stereocenters. The van der Waals surface area contributed by atoms with Crippen LogP contribution >= 0.6 is 0 Å². The van der Waals surface area contributed by atoms with E-state index in [-0.39, 0.29) is 0 Å². The molecule has 0 fully saturated rings. The fourth-order valence-electron chi connectivity index (χ4n) is 1.50. The molecule has 0 aliphatic carbocycles. The third-order valence-electron chi connectivity index (χ3n) is 2.14. The van der Waals surface area contributed by atoms with Crippen molar-refractivity contribution in [2.24, 2.45) is 0 Å². The number of aliphatic hydroxyl groups is 1. The zero-order chi connectivity index (χ0) is 9.47. The Morgan fingerprint density at radius 3 is 2.85 bits per heavy atom. The van der Waals surface area contributed by atoms with Gasteiger partial charge in [0, 0.05) is 5.39 Å². The highest BCUT2D eigenvalue weighted by atomic mass is 16.3. The minimum atomic E-state index is -0.816. The maximum atomic E-state index is 9.86. The van der Waals surface area contributed by atoms with E-state index in [9.17, 15) is 5.11 Å². The summed E-state index contributed by atoms with van der Waals surface area (Å²) in [6, 6.07) is 5.77. The van der Waals surface area contributed by atoms with Gasteiger partial charge in [-0.15, -0.1) is 0 Å². The molecule has 68 valence electrons. The second-order valence-corrected chi connectivity index (χ2v) is 3.70. The van der Waals surface area contributed by atoms with Crippen molar-refractivity contribution in [1.29, 1.82) is 0 Å². The molecule has 0 spiro atoms. The van der Waals surface area contributed by atoms with Crippen LogP contribution in [-0.4, -0.2) is 15.3 Å². The van der Waals surface area contributed by atoms with Gasteiger partial charge in [0.05, 0.1) is 17.3 Å². The lowest BCUT2D eigenvalue weighted by Crippen LogP contribution is -2.15. The van der Waals surface area contributed by atoms with Crippen LogP contribution in [0.5, 0.6) is 0 Å². The van der Waals surface area contributed by atoms with Crippen LogP contribution in [0.4, 0.5) is 0 Å². The maximum absolute atomic E-state index is 9.86. The second kappa shape index (κ2) is 2.57. The average molecular weight is 176 g/mol. The van der Waals surface area contributed by atoms with Crippen LogP contribution < -0.4 is 0 Å². The molecular weight excluding hydrogens is 164 g/mol. The molecule has 0 bridgehead atoms. The molecule has 0 atom stereocenters. The van der Waals surface area contributed by atoms with E-state index in [1.165, 1.54) is 0 Å². The van der Waals surface area contributed by atoms with Gasteiger partial charge in [0.2, 0.25) is 0 Å². The summed E-state index contributed by atoms with van der Waals surface area (Å²) in [5.74, 6) is 0. The fraction of sp³-hybridized carbons (Fsp3) is 0.300. The number of benzene rings is 1. The molecular formula is C10H12N2O. The van der Waals surface area contributed by atoms with Crippen molar-refractivity contribution in [3.8, 4) is 0 Å². The molecule has 0 amide bonds. The van der Waals surface area contributed by atoms with Crippen molar-refractivity contribution in [2.75, 3.05) is 0 Å². The first-order valence-electron chi connectivity index (χ1n) is 4.24. The van der Waals surface area contributed by atoms with Crippen molar-refractivity contribution >= 4 is 10.9 Å². The summed E-state index contributed by atoms with van der Waals surface area (Å²) in [6.45, 7) is 3.55. The number of aromatic amines is 1. The molecule has 3 nitrogen and oxygen atoms in total. The van der Waals surface area contributed by atoms with Gasteiger partial charge in [-0.2, -0.15) is 5.10 Å². The third kappa shape index (κ3) is 1.31. The Bertz CT molecular complexity index is 426. The van der Waals surface area contributed by atoms with E-state index < -0.39 is 5.60 Å². The van der Waals surface area contributed by atoms with Crippen molar-refractivity contribution < 1.29 is 5.11 Å². The van der Waals surface area contributed by atoms with Gasteiger partial charge in [-0.05, 0) is 25.5 Å². The molecule has 0 aliphatic heterocycles. The van der Waals surface area contributed by atoms with E-state index in [0.29, 0.717) is 0 Å². The highest BCUT2D eigenvalue weighted by Gasteiger charge is 2.18. The summed E-state index contributed by atoms with van der Waals surface area (Å²) in [5, 5.41) is 17.7. The van der Waals surface area contributed by atoms with Crippen LogP contribution in [0, 0.1) is 0 Å². The number of hydrogen-bond donors (Lipinski definition) is 2. The lowest BCUT2D eigenvalue weighted by molar-refractivity contribution is 0.0802. The lowest BCUT2D eigenvalue weighted by Gasteiger charge is -2.18. The summed E-state index contributed by atoms with van der Waals surface area (Å²) in [5.41, 5.74) is 1.04. The van der Waals surface area contributed by atoms with Crippen molar-refractivity contribution in [1.82, 2.24) is 10.2 Å². The largest absolute Gasteiger partial charge is 0.386 e. The van der Waals surface area contributed by atoms with Gasteiger partial charge in [0.15, 0.2) is 0 Å². The Hall–Kier alpha value is -1.35. The Kier molecular flexibility index (Phi) is 1.63. The normalized spacial score (nSPS) is 12.2. The molecule has 13 heavy (non-hydrogen) atoms. The van der Waals surface area contributed by atoms with E-state index in [1.807, 2.05) is 18.2 Å². The maximum Gasteiger partial charge on any atom is 0.0847 e. The van der Waals surface area contributed by atoms with Crippen LogP contribution in [-0.2, 0) is 5.60 Å². The van der Waals surface area contributed by atoms with Crippen LogP contribution in [0.25, 0.3) is 10.9 Å². The Morgan fingerprint density at radius 2 is 2.15 bits per heavy atom. The van der Waals surface area contributed by atoms with Gasteiger partial charge < -0.3 is 5.11 Å². The summed E-state index contributed by atoms with van der Waals surface area (Å²) < 4.78 is 0.